The molecule has 1 unspecified atom stereocenters. The topological polar surface area (TPSA) is 74.6 Å². The molecule has 0 saturated heterocycles. The van der Waals surface area contributed by atoms with E-state index in [1.54, 1.807) is 0 Å². The lowest BCUT2D eigenvalue weighted by Gasteiger charge is -2.20. The van der Waals surface area contributed by atoms with E-state index in [1.165, 1.54) is 12.1 Å². The normalized spacial score (nSPS) is 16.4. The molecule has 0 fully saturated rings. The second kappa shape index (κ2) is 6.00. The lowest BCUT2D eigenvalue weighted by Crippen LogP contribution is -2.36. The predicted octanol–water partition coefficient (Wildman–Crippen LogP) is 2.22. The molecule has 18 heavy (non-hydrogen) atoms. The number of rotatable bonds is 7. The van der Waals surface area contributed by atoms with E-state index >= 15 is 0 Å². The van der Waals surface area contributed by atoms with Gasteiger partial charge in [-0.15, -0.1) is 0 Å². The minimum Gasteiger partial charge on any atom is -0.480 e. The summed E-state index contributed by atoms with van der Waals surface area (Å²) in [6.07, 6.45) is 8.21. The second-order valence-corrected chi connectivity index (χ2v) is 8.23. The molecule has 1 rings (SSSR count). The molecule has 0 heterocycles. The van der Waals surface area contributed by atoms with Crippen molar-refractivity contribution < 1.29 is 19.8 Å². The molecule has 4 nitrogen and oxygen atoms in total. The summed E-state index contributed by atoms with van der Waals surface area (Å²) in [6.45, 7) is 3.53. The molecule has 0 aromatic rings. The lowest BCUT2D eigenvalue weighted by molar-refractivity contribution is -0.163. The van der Waals surface area contributed by atoms with Crippen molar-refractivity contribution in [3.05, 3.63) is 23.4 Å². The summed E-state index contributed by atoms with van der Waals surface area (Å²) in [5, 5.41) is 19.5. The molecule has 0 radical (unpaired) electrons. The number of allylic oxidation sites excluding steroid dienone is 4. The highest BCUT2D eigenvalue weighted by molar-refractivity contribution is 6.65. The Bertz CT molecular complexity index is 384. The number of carboxylic acids is 2. The fourth-order valence-corrected chi connectivity index (χ4v) is 4.25. The molecule has 1 aliphatic carbocycles. The van der Waals surface area contributed by atoms with Gasteiger partial charge in [0.2, 0.25) is 0 Å². The van der Waals surface area contributed by atoms with Gasteiger partial charge in [0.15, 0.2) is 5.41 Å². The van der Waals surface area contributed by atoms with E-state index in [9.17, 15) is 9.59 Å². The van der Waals surface area contributed by atoms with E-state index in [1.807, 2.05) is 0 Å². The van der Waals surface area contributed by atoms with Crippen molar-refractivity contribution >= 4 is 20.7 Å². The van der Waals surface area contributed by atoms with E-state index in [-0.39, 0.29) is 6.42 Å². The summed E-state index contributed by atoms with van der Waals surface area (Å²) in [4.78, 5) is 22.0. The maximum Gasteiger partial charge on any atom is 0.320 e. The Hall–Kier alpha value is -1.36. The van der Waals surface area contributed by atoms with Crippen molar-refractivity contribution in [1.82, 2.24) is 0 Å². The standard InChI is InChI=1S/C13H20O4Si/c1-13(11(14)15,12(16)17)8-5-9-18(2)10-6-3-4-7-10/h3-4,6,18H,5,7-9H2,1-2H3,(H,14,15)(H,16,17). The average Bonchev–Trinajstić information content (AvgIpc) is 2.81. The minimum atomic E-state index is -1.64. The summed E-state index contributed by atoms with van der Waals surface area (Å²) >= 11 is 0. The van der Waals surface area contributed by atoms with E-state index in [4.69, 9.17) is 10.2 Å². The van der Waals surface area contributed by atoms with Crippen LogP contribution in [0.2, 0.25) is 12.6 Å². The van der Waals surface area contributed by atoms with Crippen LogP contribution >= 0.6 is 0 Å². The number of hydrogen-bond acceptors (Lipinski definition) is 2. The van der Waals surface area contributed by atoms with Gasteiger partial charge >= 0.3 is 11.9 Å². The van der Waals surface area contributed by atoms with Crippen LogP contribution in [0.4, 0.5) is 0 Å². The first-order valence-corrected chi connectivity index (χ1v) is 8.75. The molecule has 0 aliphatic heterocycles. The molecule has 0 amide bonds. The molecule has 100 valence electrons. The fourth-order valence-electron chi connectivity index (χ4n) is 2.08. The maximum atomic E-state index is 11.0. The molecule has 0 saturated carbocycles. The Kier molecular flexibility index (Phi) is 4.90. The Morgan fingerprint density at radius 1 is 1.39 bits per heavy atom. The quantitative estimate of drug-likeness (QED) is 0.548. The smallest absolute Gasteiger partial charge is 0.320 e. The number of hydrogen-bond donors (Lipinski definition) is 2. The number of carboxylic acid groups (broad SMARTS) is 2. The Labute approximate surface area is 109 Å². The van der Waals surface area contributed by atoms with Crippen LogP contribution in [0.1, 0.15) is 26.2 Å². The first-order chi connectivity index (χ1) is 8.38. The van der Waals surface area contributed by atoms with Crippen LogP contribution in [-0.4, -0.2) is 30.9 Å². The summed E-state index contributed by atoms with van der Waals surface area (Å²) < 4.78 is 0. The second-order valence-electron chi connectivity index (χ2n) is 5.11. The zero-order valence-electron chi connectivity index (χ0n) is 10.8. The van der Waals surface area contributed by atoms with Crippen LogP contribution in [0.15, 0.2) is 23.4 Å². The summed E-state index contributed by atoms with van der Waals surface area (Å²) in [5.74, 6) is -2.49. The summed E-state index contributed by atoms with van der Waals surface area (Å²) in [6, 6.07) is 0.962. The van der Waals surface area contributed by atoms with Gasteiger partial charge in [0.1, 0.15) is 0 Å². The molecule has 0 aromatic carbocycles. The van der Waals surface area contributed by atoms with Crippen LogP contribution in [-0.2, 0) is 9.59 Å². The summed E-state index contributed by atoms with van der Waals surface area (Å²) in [7, 11) is -0.994. The highest BCUT2D eigenvalue weighted by atomic mass is 28.3. The van der Waals surface area contributed by atoms with Gasteiger partial charge in [-0.2, -0.15) is 0 Å². The fraction of sp³-hybridized carbons (Fsp3) is 0.538. The van der Waals surface area contributed by atoms with Crippen molar-refractivity contribution in [1.29, 1.82) is 0 Å². The Balaban J connectivity index is 2.45. The zero-order chi connectivity index (χ0) is 13.8. The third kappa shape index (κ3) is 3.32. The largest absolute Gasteiger partial charge is 0.480 e. The zero-order valence-corrected chi connectivity index (χ0v) is 12.0. The molecular weight excluding hydrogens is 248 g/mol. The van der Waals surface area contributed by atoms with Gasteiger partial charge in [0.05, 0.1) is 8.80 Å². The van der Waals surface area contributed by atoms with Crippen molar-refractivity contribution in [3.63, 3.8) is 0 Å². The van der Waals surface area contributed by atoms with Gasteiger partial charge in [-0.1, -0.05) is 42.4 Å². The Morgan fingerprint density at radius 3 is 2.44 bits per heavy atom. The van der Waals surface area contributed by atoms with Gasteiger partial charge in [-0.25, -0.2) is 0 Å². The highest BCUT2D eigenvalue weighted by Crippen LogP contribution is 2.27. The van der Waals surface area contributed by atoms with Gasteiger partial charge in [0.25, 0.3) is 0 Å². The van der Waals surface area contributed by atoms with Crippen molar-refractivity contribution in [3.8, 4) is 0 Å². The van der Waals surface area contributed by atoms with E-state index < -0.39 is 26.2 Å². The van der Waals surface area contributed by atoms with Gasteiger partial charge in [-0.05, 0) is 19.8 Å². The maximum absolute atomic E-state index is 11.0. The summed E-state index contributed by atoms with van der Waals surface area (Å²) in [5.41, 5.74) is -1.64. The van der Waals surface area contributed by atoms with Gasteiger partial charge in [0, 0.05) is 0 Å². The van der Waals surface area contributed by atoms with E-state index in [0.717, 1.165) is 12.5 Å². The molecule has 0 aromatic heterocycles. The first kappa shape index (κ1) is 14.7. The molecule has 5 heteroatoms. The molecule has 1 aliphatic rings. The van der Waals surface area contributed by atoms with Crippen LogP contribution in [0.5, 0.6) is 0 Å². The molecule has 0 spiro atoms. The third-order valence-corrected chi connectivity index (χ3v) is 6.66. The molecule has 1 atom stereocenters. The molecule has 0 bridgehead atoms. The third-order valence-electron chi connectivity index (χ3n) is 3.69. The van der Waals surface area contributed by atoms with Gasteiger partial charge in [-0.3, -0.25) is 9.59 Å². The monoisotopic (exact) mass is 268 g/mol. The lowest BCUT2D eigenvalue weighted by atomic mass is 9.86. The van der Waals surface area contributed by atoms with Gasteiger partial charge < -0.3 is 10.2 Å². The Morgan fingerprint density at radius 2 is 2.00 bits per heavy atom. The molecular formula is C13H20O4Si. The van der Waals surface area contributed by atoms with Crippen LogP contribution in [0, 0.1) is 5.41 Å². The van der Waals surface area contributed by atoms with E-state index in [0.29, 0.717) is 6.42 Å². The van der Waals surface area contributed by atoms with Crippen molar-refractivity contribution in [2.24, 2.45) is 5.41 Å². The number of aliphatic carboxylic acids is 2. The van der Waals surface area contributed by atoms with Crippen molar-refractivity contribution in [2.75, 3.05) is 0 Å². The molecule has 2 N–H and O–H groups in total. The predicted molar refractivity (Wildman–Crippen MR) is 72.3 cm³/mol. The van der Waals surface area contributed by atoms with E-state index in [2.05, 4.69) is 24.8 Å². The minimum absolute atomic E-state index is 0.204. The van der Waals surface area contributed by atoms with Crippen LogP contribution < -0.4 is 0 Å². The van der Waals surface area contributed by atoms with Crippen LogP contribution in [0.3, 0.4) is 0 Å². The first-order valence-electron chi connectivity index (χ1n) is 6.20. The average molecular weight is 268 g/mol. The van der Waals surface area contributed by atoms with Crippen LogP contribution in [0.25, 0.3) is 0 Å². The SMILES string of the molecule is C[SiH](CCCC(C)(C(=O)O)C(=O)O)C1=CC=CC1. The van der Waals surface area contributed by atoms with Crippen molar-refractivity contribution in [2.45, 2.75) is 38.8 Å². The number of carbonyl (C=O) groups is 2. The highest BCUT2D eigenvalue weighted by Gasteiger charge is 2.40.